The molecule has 4 heteroatoms. The fourth-order valence-corrected chi connectivity index (χ4v) is 3.14. The normalized spacial score (nSPS) is 16.0. The fourth-order valence-electron chi connectivity index (χ4n) is 3.14. The van der Waals surface area contributed by atoms with Crippen molar-refractivity contribution in [2.75, 3.05) is 13.1 Å². The molecule has 2 heterocycles. The van der Waals surface area contributed by atoms with Crippen LogP contribution in [-0.2, 0) is 17.9 Å². The lowest BCUT2D eigenvalue weighted by Crippen LogP contribution is -2.40. The molecule has 0 aliphatic carbocycles. The molecule has 4 nitrogen and oxygen atoms in total. The Morgan fingerprint density at radius 3 is 2.58 bits per heavy atom. The number of carbonyl (C=O) groups excluding carboxylic acids is 1. The van der Waals surface area contributed by atoms with Crippen LogP contribution in [0.1, 0.15) is 29.5 Å². The minimum Gasteiger partial charge on any atom is -0.352 e. The highest BCUT2D eigenvalue weighted by atomic mass is 16.1. The van der Waals surface area contributed by atoms with E-state index in [-0.39, 0.29) is 11.8 Å². The van der Waals surface area contributed by atoms with Gasteiger partial charge in [0.1, 0.15) is 0 Å². The first-order chi connectivity index (χ1) is 11.7. The van der Waals surface area contributed by atoms with Gasteiger partial charge in [-0.3, -0.25) is 14.7 Å². The van der Waals surface area contributed by atoms with E-state index < -0.39 is 0 Å². The number of aryl methyl sites for hydroxylation is 1. The van der Waals surface area contributed by atoms with E-state index in [2.05, 4.69) is 52.5 Å². The van der Waals surface area contributed by atoms with Crippen molar-refractivity contribution in [2.45, 2.75) is 32.9 Å². The van der Waals surface area contributed by atoms with Crippen molar-refractivity contribution in [1.82, 2.24) is 15.2 Å². The molecule has 1 fully saturated rings. The van der Waals surface area contributed by atoms with Gasteiger partial charge in [-0.05, 0) is 50.0 Å². The van der Waals surface area contributed by atoms with Gasteiger partial charge in [0.2, 0.25) is 5.91 Å². The summed E-state index contributed by atoms with van der Waals surface area (Å²) in [4.78, 5) is 18.9. The Labute approximate surface area is 143 Å². The van der Waals surface area contributed by atoms with Crippen LogP contribution in [0.4, 0.5) is 0 Å². The summed E-state index contributed by atoms with van der Waals surface area (Å²) in [6.07, 6.45) is 5.58. The summed E-state index contributed by atoms with van der Waals surface area (Å²) >= 11 is 0. The molecule has 1 aliphatic heterocycles. The van der Waals surface area contributed by atoms with E-state index in [1.807, 2.05) is 12.3 Å². The molecule has 126 valence electrons. The average molecular weight is 323 g/mol. The molecular weight excluding hydrogens is 298 g/mol. The van der Waals surface area contributed by atoms with E-state index >= 15 is 0 Å². The molecule has 0 atom stereocenters. The van der Waals surface area contributed by atoms with Crippen molar-refractivity contribution < 1.29 is 4.79 Å². The number of nitrogens with one attached hydrogen (secondary N) is 1. The minimum absolute atomic E-state index is 0.139. The van der Waals surface area contributed by atoms with E-state index in [0.29, 0.717) is 6.54 Å². The summed E-state index contributed by atoms with van der Waals surface area (Å²) in [7, 11) is 0. The van der Waals surface area contributed by atoms with Crippen molar-refractivity contribution in [2.24, 2.45) is 5.92 Å². The first-order valence-electron chi connectivity index (χ1n) is 8.65. The Morgan fingerprint density at radius 1 is 1.17 bits per heavy atom. The monoisotopic (exact) mass is 323 g/mol. The number of hydrogen-bond acceptors (Lipinski definition) is 3. The van der Waals surface area contributed by atoms with E-state index in [4.69, 9.17) is 0 Å². The van der Waals surface area contributed by atoms with Gasteiger partial charge in [0, 0.05) is 31.4 Å². The van der Waals surface area contributed by atoms with Gasteiger partial charge in [0.05, 0.1) is 0 Å². The second-order valence-corrected chi connectivity index (χ2v) is 6.62. The standard InChI is InChI=1S/C20H25N3O/c1-16-4-6-17(7-5-16)14-22-20(24)19-8-11-23(12-9-19)15-18-3-2-10-21-13-18/h2-7,10,13,19H,8-9,11-12,14-15H2,1H3,(H,22,24). The number of amides is 1. The fraction of sp³-hybridized carbons (Fsp3) is 0.400. The van der Waals surface area contributed by atoms with Crippen LogP contribution in [0.2, 0.25) is 0 Å². The van der Waals surface area contributed by atoms with Crippen LogP contribution in [0.3, 0.4) is 0 Å². The lowest BCUT2D eigenvalue weighted by Gasteiger charge is -2.31. The van der Waals surface area contributed by atoms with Gasteiger partial charge < -0.3 is 5.32 Å². The summed E-state index contributed by atoms with van der Waals surface area (Å²) in [5.74, 6) is 0.331. The average Bonchev–Trinajstić information content (AvgIpc) is 2.62. The summed E-state index contributed by atoms with van der Waals surface area (Å²) in [5, 5.41) is 3.09. The maximum absolute atomic E-state index is 12.4. The largest absolute Gasteiger partial charge is 0.352 e. The molecule has 1 aromatic carbocycles. The maximum atomic E-state index is 12.4. The third-order valence-electron chi connectivity index (χ3n) is 4.67. The molecule has 3 rings (SSSR count). The Morgan fingerprint density at radius 2 is 1.92 bits per heavy atom. The van der Waals surface area contributed by atoms with Gasteiger partial charge in [-0.2, -0.15) is 0 Å². The van der Waals surface area contributed by atoms with Crippen LogP contribution in [0.15, 0.2) is 48.8 Å². The summed E-state index contributed by atoms with van der Waals surface area (Å²) in [6, 6.07) is 12.4. The van der Waals surface area contributed by atoms with Crippen molar-refractivity contribution in [1.29, 1.82) is 0 Å². The lowest BCUT2D eigenvalue weighted by molar-refractivity contribution is -0.126. The highest BCUT2D eigenvalue weighted by Crippen LogP contribution is 2.19. The van der Waals surface area contributed by atoms with Gasteiger partial charge in [-0.15, -0.1) is 0 Å². The summed E-state index contributed by atoms with van der Waals surface area (Å²) in [6.45, 7) is 5.55. The number of benzene rings is 1. The summed E-state index contributed by atoms with van der Waals surface area (Å²) in [5.41, 5.74) is 3.63. The predicted molar refractivity (Wildman–Crippen MR) is 95.3 cm³/mol. The first-order valence-corrected chi connectivity index (χ1v) is 8.65. The van der Waals surface area contributed by atoms with Gasteiger partial charge in [0.25, 0.3) is 0 Å². The number of likely N-dealkylation sites (tertiary alicyclic amines) is 1. The second kappa shape index (κ2) is 8.06. The Balaban J connectivity index is 1.42. The van der Waals surface area contributed by atoms with Crippen LogP contribution < -0.4 is 5.32 Å². The predicted octanol–water partition coefficient (Wildman–Crippen LogP) is 2.92. The highest BCUT2D eigenvalue weighted by molar-refractivity contribution is 5.78. The Bertz CT molecular complexity index is 646. The second-order valence-electron chi connectivity index (χ2n) is 6.62. The van der Waals surface area contributed by atoms with Crippen LogP contribution >= 0.6 is 0 Å². The van der Waals surface area contributed by atoms with Crippen molar-refractivity contribution in [3.8, 4) is 0 Å². The molecular formula is C20H25N3O. The molecule has 0 bridgehead atoms. The van der Waals surface area contributed by atoms with Crippen LogP contribution in [-0.4, -0.2) is 28.9 Å². The molecule has 1 saturated heterocycles. The molecule has 1 aromatic heterocycles. The van der Waals surface area contributed by atoms with Crippen LogP contribution in [0.25, 0.3) is 0 Å². The molecule has 24 heavy (non-hydrogen) atoms. The first kappa shape index (κ1) is 16.7. The van der Waals surface area contributed by atoms with E-state index in [0.717, 1.165) is 38.0 Å². The van der Waals surface area contributed by atoms with Crippen molar-refractivity contribution >= 4 is 5.91 Å². The Kier molecular flexibility index (Phi) is 5.59. The SMILES string of the molecule is Cc1ccc(CNC(=O)C2CCN(Cc3cccnc3)CC2)cc1. The zero-order chi connectivity index (χ0) is 16.8. The number of piperidine rings is 1. The number of carbonyl (C=O) groups is 1. The molecule has 0 radical (unpaired) electrons. The molecule has 0 unspecified atom stereocenters. The molecule has 0 saturated carbocycles. The van der Waals surface area contributed by atoms with Gasteiger partial charge in [0.15, 0.2) is 0 Å². The van der Waals surface area contributed by atoms with Gasteiger partial charge in [-0.25, -0.2) is 0 Å². The number of hydrogen-bond donors (Lipinski definition) is 1. The third kappa shape index (κ3) is 4.65. The minimum atomic E-state index is 0.139. The van der Waals surface area contributed by atoms with Crippen LogP contribution in [0, 0.1) is 12.8 Å². The molecule has 1 N–H and O–H groups in total. The number of nitrogens with zero attached hydrogens (tertiary/aromatic N) is 2. The number of pyridine rings is 1. The van der Waals surface area contributed by atoms with Crippen LogP contribution in [0.5, 0.6) is 0 Å². The van der Waals surface area contributed by atoms with Gasteiger partial charge >= 0.3 is 0 Å². The zero-order valence-electron chi connectivity index (χ0n) is 14.2. The number of aromatic nitrogens is 1. The molecule has 0 spiro atoms. The molecule has 1 amide bonds. The van der Waals surface area contributed by atoms with Gasteiger partial charge in [-0.1, -0.05) is 35.9 Å². The van der Waals surface area contributed by atoms with E-state index in [1.165, 1.54) is 11.1 Å². The summed E-state index contributed by atoms with van der Waals surface area (Å²) < 4.78 is 0. The highest BCUT2D eigenvalue weighted by Gasteiger charge is 2.24. The lowest BCUT2D eigenvalue weighted by atomic mass is 9.95. The Hall–Kier alpha value is -2.20. The topological polar surface area (TPSA) is 45.2 Å². The van der Waals surface area contributed by atoms with Crippen molar-refractivity contribution in [3.05, 3.63) is 65.5 Å². The molecule has 2 aromatic rings. The number of rotatable bonds is 5. The van der Waals surface area contributed by atoms with E-state index in [9.17, 15) is 4.79 Å². The van der Waals surface area contributed by atoms with E-state index in [1.54, 1.807) is 6.20 Å². The third-order valence-corrected chi connectivity index (χ3v) is 4.67. The smallest absolute Gasteiger partial charge is 0.223 e. The molecule has 1 aliphatic rings. The zero-order valence-corrected chi connectivity index (χ0v) is 14.2. The quantitative estimate of drug-likeness (QED) is 0.920. The maximum Gasteiger partial charge on any atom is 0.223 e. The van der Waals surface area contributed by atoms with Crippen molar-refractivity contribution in [3.63, 3.8) is 0 Å².